The zero-order chi connectivity index (χ0) is 0. The maximum Gasteiger partial charge on any atom is 4.00 e. The fourth-order valence-electron chi connectivity index (χ4n) is 0. The summed E-state index contributed by atoms with van der Waals surface area (Å²) in [7, 11) is 0. The van der Waals surface area contributed by atoms with Gasteiger partial charge < -0.3 is 49.2 Å². The number of hydrogen-bond donors (Lipinski definition) is 0. The predicted octanol–water partition coefficient (Wildman–Crippen LogP) is 1.16. The van der Waals surface area contributed by atoms with E-state index < -0.39 is 0 Å². The van der Waals surface area contributed by atoms with Gasteiger partial charge in [-0.2, -0.15) is 0 Å². The minimum absolute atomic E-state index is 0. The van der Waals surface area contributed by atoms with Crippen LogP contribution in [0.1, 0.15) is 0 Å². The molecule has 64 valence electrons. The summed E-state index contributed by atoms with van der Waals surface area (Å²) >= 11 is 0. The van der Waals surface area contributed by atoms with Crippen molar-refractivity contribution >= 4 is 52.8 Å². The van der Waals surface area contributed by atoms with Gasteiger partial charge in [-0.25, -0.2) is 0 Å². The molecule has 0 atom stereocenters. The Bertz CT molecular complexity index is 19.8. The summed E-state index contributed by atoms with van der Waals surface area (Å²) in [6.45, 7) is 0. The Balaban J connectivity index is 0. The zero-order valence-electron chi connectivity index (χ0n) is 6.58. The van der Waals surface area contributed by atoms with Gasteiger partial charge in [0.25, 0.3) is 0 Å². The Morgan fingerprint density at radius 1 is 0.214 bits per heavy atom. The number of hydrogen-bond acceptors (Lipinski definition) is 0. The van der Waals surface area contributed by atoms with Crippen LogP contribution in [-0.4, -0.2) is 52.8 Å². The Morgan fingerprint density at radius 3 is 0.214 bits per heavy atom. The summed E-state index contributed by atoms with van der Waals surface area (Å²) in [5.74, 6) is 0. The molecular formula is Ge3N8Zr3. The largest absolute Gasteiger partial charge is 4.00 e. The van der Waals surface area contributed by atoms with E-state index in [-0.39, 0.29) is 181 Å². The minimum Gasteiger partial charge on any atom is -3.00 e. The summed E-state index contributed by atoms with van der Waals surface area (Å²) in [5.41, 5.74) is 0. The van der Waals surface area contributed by atoms with Crippen molar-refractivity contribution in [3.8, 4) is 0 Å². The third kappa shape index (κ3) is 228. The summed E-state index contributed by atoms with van der Waals surface area (Å²) in [6.07, 6.45) is 0. The molecule has 0 heterocycles. The molecule has 14 heteroatoms. The van der Waals surface area contributed by atoms with Crippen molar-refractivity contribution in [2.24, 2.45) is 0 Å². The molecule has 0 saturated carbocycles. The first-order chi connectivity index (χ1) is 0. The average Bonchev–Trinajstić information content (AvgIpc) is 0. The first kappa shape index (κ1) is 330. The van der Waals surface area contributed by atoms with Crippen LogP contribution >= 0.6 is 0 Å². The average molecular weight is 604 g/mol. The van der Waals surface area contributed by atoms with E-state index in [1.165, 1.54) is 0 Å². The number of rotatable bonds is 0. The van der Waals surface area contributed by atoms with Gasteiger partial charge in [0.15, 0.2) is 0 Å². The molecule has 0 rings (SSSR count). The third-order valence-corrected chi connectivity index (χ3v) is 0. The van der Waals surface area contributed by atoms with Crippen LogP contribution in [0.2, 0.25) is 0 Å². The molecule has 0 aromatic heterocycles. The summed E-state index contributed by atoms with van der Waals surface area (Å²) < 4.78 is 0. The molecule has 0 aliphatic heterocycles. The quantitative estimate of drug-likeness (QED) is 0.354. The van der Waals surface area contributed by atoms with Crippen molar-refractivity contribution in [2.75, 3.05) is 0 Å². The Morgan fingerprint density at radius 2 is 0.214 bits per heavy atom. The van der Waals surface area contributed by atoms with Gasteiger partial charge in [0, 0.05) is 0 Å². The van der Waals surface area contributed by atoms with Crippen LogP contribution in [0.3, 0.4) is 0 Å². The van der Waals surface area contributed by atoms with Gasteiger partial charge in [-0.3, -0.25) is 0 Å². The smallest absolute Gasteiger partial charge is 3.00 e. The SMILES string of the molecule is [Ge+4].[Ge+4].[Ge+4].[N-3].[N-3].[N-3].[N-3].[N-3].[N-3].[N-3].[N-3].[Zr+4].[Zr+4].[Zr+4]. The Kier molecular flexibility index (Phi) is 6490. The number of nitrogens with zero attached hydrogens (tertiary/aromatic N) is 8. The van der Waals surface area contributed by atoms with Crippen LogP contribution in [0.15, 0.2) is 0 Å². The van der Waals surface area contributed by atoms with Gasteiger partial charge in [-0.15, -0.1) is 0 Å². The molecule has 0 aliphatic carbocycles. The van der Waals surface area contributed by atoms with Crippen LogP contribution in [0.4, 0.5) is 0 Å². The topological polar surface area (TPSA) is 244 Å². The van der Waals surface area contributed by atoms with Gasteiger partial charge in [-0.05, 0) is 0 Å². The maximum absolute atomic E-state index is 0. The fraction of sp³-hybridized carbons (Fsp3) is 0. The van der Waals surface area contributed by atoms with E-state index in [0.29, 0.717) is 0 Å². The molecule has 0 aromatic carbocycles. The van der Waals surface area contributed by atoms with E-state index in [2.05, 4.69) is 0 Å². The molecule has 0 N–H and O–H groups in total. The van der Waals surface area contributed by atoms with E-state index in [0.717, 1.165) is 0 Å². The van der Waals surface area contributed by atoms with Crippen LogP contribution in [0, 0.1) is 0 Å². The van der Waals surface area contributed by atoms with Crippen molar-refractivity contribution < 1.29 is 78.6 Å². The van der Waals surface area contributed by atoms with E-state index in [1.54, 1.807) is 0 Å². The molecule has 0 aromatic rings. The summed E-state index contributed by atoms with van der Waals surface area (Å²) in [5, 5.41) is 0. The van der Waals surface area contributed by atoms with Gasteiger partial charge in [-0.1, -0.05) is 0 Å². The second-order valence-electron chi connectivity index (χ2n) is 0. The molecule has 0 amide bonds. The molecule has 0 bridgehead atoms. The van der Waals surface area contributed by atoms with Gasteiger partial charge in [0.2, 0.25) is 0 Å². The summed E-state index contributed by atoms with van der Waals surface area (Å²) in [6, 6.07) is 0. The van der Waals surface area contributed by atoms with Crippen molar-refractivity contribution in [3.63, 3.8) is 0 Å². The molecule has 0 spiro atoms. The molecule has 0 fully saturated rings. The molecule has 8 nitrogen and oxygen atoms in total. The second-order valence-corrected chi connectivity index (χ2v) is 0. The van der Waals surface area contributed by atoms with E-state index in [4.69, 9.17) is 0 Å². The Labute approximate surface area is 177 Å². The third-order valence-electron chi connectivity index (χ3n) is 0. The molecule has 0 radical (unpaired) electrons. The van der Waals surface area contributed by atoms with Crippen molar-refractivity contribution in [1.82, 2.24) is 0 Å². The van der Waals surface area contributed by atoms with Crippen LogP contribution in [0.5, 0.6) is 0 Å². The standard InChI is InChI=1S/3Ge.8N.3Zr/q3*+4;8*-3;3*+4. The zero-order valence-corrected chi connectivity index (χ0v) is 20.2. The van der Waals surface area contributed by atoms with Crippen molar-refractivity contribution in [2.45, 2.75) is 0 Å². The second kappa shape index (κ2) is 276. The van der Waals surface area contributed by atoms with Gasteiger partial charge >= 0.3 is 131 Å². The summed E-state index contributed by atoms with van der Waals surface area (Å²) in [4.78, 5) is 0. The van der Waals surface area contributed by atoms with Crippen molar-refractivity contribution in [3.05, 3.63) is 49.2 Å². The molecule has 0 saturated heterocycles. The fourth-order valence-corrected chi connectivity index (χ4v) is 0. The predicted molar refractivity (Wildman–Crippen MR) is 44.1 cm³/mol. The first-order valence-corrected chi connectivity index (χ1v) is 0. The van der Waals surface area contributed by atoms with Crippen LogP contribution in [-0.2, 0) is 78.6 Å². The van der Waals surface area contributed by atoms with Gasteiger partial charge in [0.05, 0.1) is 0 Å². The normalized spacial score (nSPS) is 0. The van der Waals surface area contributed by atoms with Crippen LogP contribution in [0.25, 0.3) is 49.2 Å². The van der Waals surface area contributed by atoms with Crippen molar-refractivity contribution in [1.29, 1.82) is 0 Å². The molecule has 0 unspecified atom stereocenters. The molecule has 0 aliphatic rings. The molecular weight excluding hydrogens is 604 g/mol. The molecule has 14 heavy (non-hydrogen) atoms. The first-order valence-electron chi connectivity index (χ1n) is 0. The van der Waals surface area contributed by atoms with Gasteiger partial charge in [0.1, 0.15) is 0 Å². The van der Waals surface area contributed by atoms with Crippen LogP contribution < -0.4 is 0 Å². The minimum atomic E-state index is 0. The monoisotopic (exact) mass is 604 g/mol. The maximum atomic E-state index is 0. The Hall–Kier alpha value is 3.96. The van der Waals surface area contributed by atoms with E-state index in [9.17, 15) is 0 Å². The van der Waals surface area contributed by atoms with E-state index >= 15 is 0 Å². The van der Waals surface area contributed by atoms with E-state index in [1.807, 2.05) is 0 Å².